The molecule has 1 unspecified atom stereocenters. The van der Waals surface area contributed by atoms with Crippen LogP contribution in [0.5, 0.6) is 0 Å². The van der Waals surface area contributed by atoms with Crippen molar-refractivity contribution in [1.82, 2.24) is 19.9 Å². The Balaban J connectivity index is 1.83. The van der Waals surface area contributed by atoms with Gasteiger partial charge in [0.25, 0.3) is 0 Å². The number of rotatable bonds is 4. The number of hydrogen-bond donors (Lipinski definition) is 1. The quantitative estimate of drug-likeness (QED) is 0.701. The van der Waals surface area contributed by atoms with Gasteiger partial charge in [-0.05, 0) is 11.4 Å². The number of thiophene rings is 1. The lowest BCUT2D eigenvalue weighted by atomic mass is 10.1. The van der Waals surface area contributed by atoms with Crippen LogP contribution in [0.3, 0.4) is 0 Å². The van der Waals surface area contributed by atoms with E-state index in [-0.39, 0.29) is 12.0 Å². The van der Waals surface area contributed by atoms with Gasteiger partial charge in [-0.15, -0.1) is 11.3 Å². The van der Waals surface area contributed by atoms with Crippen LogP contribution in [0.4, 0.5) is 11.8 Å². The Bertz CT molecular complexity index is 897. The van der Waals surface area contributed by atoms with Gasteiger partial charge in [-0.3, -0.25) is 0 Å². The van der Waals surface area contributed by atoms with Crippen LogP contribution < -0.4 is 10.6 Å². The molecule has 0 bridgehead atoms. The smallest absolute Gasteiger partial charge is 0.219 e. The monoisotopic (exact) mass is 356 g/mol. The van der Waals surface area contributed by atoms with Gasteiger partial charge in [-0.2, -0.15) is 0 Å². The summed E-state index contributed by atoms with van der Waals surface area (Å²) in [6.07, 6.45) is 4.55. The molecule has 4 rings (SSSR count). The molecular weight excluding hydrogens is 340 g/mol. The van der Waals surface area contributed by atoms with Crippen molar-refractivity contribution in [2.24, 2.45) is 0 Å². The highest BCUT2D eigenvalue weighted by Crippen LogP contribution is 2.33. The van der Waals surface area contributed by atoms with Crippen molar-refractivity contribution in [3.63, 3.8) is 0 Å². The molecule has 1 atom stereocenters. The van der Waals surface area contributed by atoms with Crippen LogP contribution in [-0.4, -0.2) is 52.0 Å². The fourth-order valence-electron chi connectivity index (χ4n) is 2.87. The maximum absolute atomic E-state index is 11.0. The first-order valence-electron chi connectivity index (χ1n) is 7.87. The fraction of sp³-hybridized carbons (Fsp3) is 0.312. The average molecular weight is 356 g/mol. The number of carbonyl (C=O) groups excluding carboxylic acids is 1. The second-order valence-electron chi connectivity index (χ2n) is 5.66. The van der Waals surface area contributed by atoms with Crippen LogP contribution in [0.2, 0.25) is 0 Å². The van der Waals surface area contributed by atoms with Crippen LogP contribution in [0.25, 0.3) is 21.6 Å². The van der Waals surface area contributed by atoms with E-state index in [1.165, 1.54) is 0 Å². The highest BCUT2D eigenvalue weighted by molar-refractivity contribution is 7.17. The van der Waals surface area contributed by atoms with Crippen molar-refractivity contribution in [2.75, 3.05) is 30.4 Å². The predicted molar refractivity (Wildman–Crippen MR) is 95.5 cm³/mol. The Morgan fingerprint density at radius 2 is 2.20 bits per heavy atom. The summed E-state index contributed by atoms with van der Waals surface area (Å²) in [6, 6.07) is 1.93. The molecule has 2 N–H and O–H groups in total. The summed E-state index contributed by atoms with van der Waals surface area (Å²) < 4.78 is 6.53. The maximum atomic E-state index is 11.0. The Morgan fingerprint density at radius 1 is 1.36 bits per heavy atom. The number of hydrogen-bond acceptors (Lipinski definition) is 9. The van der Waals surface area contributed by atoms with Crippen molar-refractivity contribution >= 4 is 39.6 Å². The van der Waals surface area contributed by atoms with Crippen molar-refractivity contribution in [1.29, 1.82) is 0 Å². The summed E-state index contributed by atoms with van der Waals surface area (Å²) in [5.41, 5.74) is 7.12. The van der Waals surface area contributed by atoms with E-state index >= 15 is 0 Å². The summed E-state index contributed by atoms with van der Waals surface area (Å²) >= 11 is 1.59. The molecule has 0 aliphatic carbocycles. The summed E-state index contributed by atoms with van der Waals surface area (Å²) in [4.78, 5) is 30.6. The van der Waals surface area contributed by atoms with Crippen LogP contribution in [0.1, 0.15) is 6.42 Å². The van der Waals surface area contributed by atoms with Gasteiger partial charge in [0.05, 0.1) is 35.0 Å². The number of anilines is 2. The lowest BCUT2D eigenvalue weighted by molar-refractivity contribution is -0.108. The van der Waals surface area contributed by atoms with Crippen molar-refractivity contribution in [3.8, 4) is 11.4 Å². The third kappa shape index (κ3) is 3.03. The SMILES string of the molecule is Nc1ncc(-c2nc(N3CCOCC3CC=O)c3sccc3n2)cn1. The van der Waals surface area contributed by atoms with Crippen molar-refractivity contribution in [2.45, 2.75) is 12.5 Å². The molecular formula is C16H16N6O2S. The van der Waals surface area contributed by atoms with E-state index in [0.717, 1.165) is 22.3 Å². The number of morpholine rings is 1. The average Bonchev–Trinajstić information content (AvgIpc) is 3.11. The normalized spacial score (nSPS) is 17.8. The molecule has 4 heterocycles. The molecule has 0 radical (unpaired) electrons. The first kappa shape index (κ1) is 15.9. The Kier molecular flexibility index (Phi) is 4.24. The largest absolute Gasteiger partial charge is 0.377 e. The Labute approximate surface area is 147 Å². The van der Waals surface area contributed by atoms with Gasteiger partial charge in [-0.1, -0.05) is 0 Å². The lowest BCUT2D eigenvalue weighted by Gasteiger charge is -2.35. The number of aromatic nitrogens is 4. The molecule has 0 aromatic carbocycles. The highest BCUT2D eigenvalue weighted by Gasteiger charge is 2.27. The first-order valence-corrected chi connectivity index (χ1v) is 8.75. The van der Waals surface area contributed by atoms with Gasteiger partial charge in [0.1, 0.15) is 6.29 Å². The van der Waals surface area contributed by atoms with Gasteiger partial charge in [-0.25, -0.2) is 19.9 Å². The van der Waals surface area contributed by atoms with Gasteiger partial charge in [0.2, 0.25) is 5.95 Å². The number of ether oxygens (including phenoxy) is 1. The summed E-state index contributed by atoms with van der Waals surface area (Å²) in [5, 5.41) is 1.99. The maximum Gasteiger partial charge on any atom is 0.219 e. The lowest BCUT2D eigenvalue weighted by Crippen LogP contribution is -2.46. The van der Waals surface area contributed by atoms with Crippen LogP contribution in [-0.2, 0) is 9.53 Å². The molecule has 0 saturated carbocycles. The number of aldehydes is 1. The van der Waals surface area contributed by atoms with E-state index in [2.05, 4.69) is 19.9 Å². The number of nitrogens with two attached hydrogens (primary N) is 1. The molecule has 1 saturated heterocycles. The predicted octanol–water partition coefficient (Wildman–Crippen LogP) is 1.52. The second kappa shape index (κ2) is 6.69. The van der Waals surface area contributed by atoms with E-state index in [1.54, 1.807) is 23.7 Å². The van der Waals surface area contributed by atoms with Gasteiger partial charge in [0.15, 0.2) is 11.6 Å². The molecule has 128 valence electrons. The first-order chi connectivity index (χ1) is 12.3. The minimum Gasteiger partial charge on any atom is -0.377 e. The van der Waals surface area contributed by atoms with Crippen LogP contribution in [0, 0.1) is 0 Å². The number of nitrogens with zero attached hydrogens (tertiary/aromatic N) is 5. The Morgan fingerprint density at radius 3 is 3.00 bits per heavy atom. The standard InChI is InChI=1S/C16H16N6O2S/c17-16-18-7-10(8-19-16)14-20-12-2-6-25-13(12)15(21-14)22-3-5-24-9-11(22)1-4-23/h2,4,6-8,11H,1,3,5,9H2,(H2,17,18,19). The molecule has 1 aliphatic heterocycles. The topological polar surface area (TPSA) is 107 Å². The number of fused-ring (bicyclic) bond motifs is 1. The zero-order valence-corrected chi connectivity index (χ0v) is 14.1. The van der Waals surface area contributed by atoms with E-state index in [4.69, 9.17) is 15.5 Å². The molecule has 3 aromatic heterocycles. The van der Waals surface area contributed by atoms with Crippen LogP contribution in [0.15, 0.2) is 23.8 Å². The number of carbonyl (C=O) groups is 1. The second-order valence-corrected chi connectivity index (χ2v) is 6.58. The molecule has 9 heteroatoms. The molecule has 3 aromatic rings. The molecule has 1 fully saturated rings. The highest BCUT2D eigenvalue weighted by atomic mass is 32.1. The molecule has 8 nitrogen and oxygen atoms in total. The van der Waals surface area contributed by atoms with Crippen LogP contribution >= 0.6 is 11.3 Å². The molecule has 25 heavy (non-hydrogen) atoms. The molecule has 1 aliphatic rings. The zero-order chi connectivity index (χ0) is 17.2. The van der Waals surface area contributed by atoms with Crippen molar-refractivity contribution in [3.05, 3.63) is 23.8 Å². The van der Waals surface area contributed by atoms with Gasteiger partial charge < -0.3 is 20.2 Å². The minimum atomic E-state index is -0.0260. The fourth-order valence-corrected chi connectivity index (χ4v) is 3.70. The molecule has 0 amide bonds. The van der Waals surface area contributed by atoms with E-state index < -0.39 is 0 Å². The Hall–Kier alpha value is -2.65. The van der Waals surface area contributed by atoms with E-state index in [0.29, 0.717) is 37.6 Å². The van der Waals surface area contributed by atoms with E-state index in [9.17, 15) is 4.79 Å². The van der Waals surface area contributed by atoms with Gasteiger partial charge in [0, 0.05) is 25.4 Å². The van der Waals surface area contributed by atoms with Crippen molar-refractivity contribution < 1.29 is 9.53 Å². The third-order valence-electron chi connectivity index (χ3n) is 4.08. The number of nitrogen functional groups attached to an aromatic ring is 1. The summed E-state index contributed by atoms with van der Waals surface area (Å²) in [7, 11) is 0. The molecule has 0 spiro atoms. The third-order valence-corrected chi connectivity index (χ3v) is 4.98. The minimum absolute atomic E-state index is 0.0260. The van der Waals surface area contributed by atoms with E-state index in [1.807, 2.05) is 11.4 Å². The zero-order valence-electron chi connectivity index (χ0n) is 13.3. The summed E-state index contributed by atoms with van der Waals surface area (Å²) in [6.45, 7) is 1.79. The van der Waals surface area contributed by atoms with Gasteiger partial charge >= 0.3 is 0 Å². The summed E-state index contributed by atoms with van der Waals surface area (Å²) in [5.74, 6) is 1.57.